The molecule has 0 aromatic heterocycles. The van der Waals surface area contributed by atoms with Gasteiger partial charge in [0.1, 0.15) is 11.6 Å². The second-order valence-electron chi connectivity index (χ2n) is 4.73. The molecule has 0 saturated carbocycles. The summed E-state index contributed by atoms with van der Waals surface area (Å²) in [5, 5.41) is 2.75. The van der Waals surface area contributed by atoms with Crippen LogP contribution in [0.25, 0.3) is 6.08 Å². The number of carbonyl (C=O) groups excluding carboxylic acids is 1. The summed E-state index contributed by atoms with van der Waals surface area (Å²) < 4.78 is 25.6. The molecule has 0 spiro atoms. The highest BCUT2D eigenvalue weighted by Gasteiger charge is 2.04. The van der Waals surface area contributed by atoms with Crippen LogP contribution >= 0.6 is 0 Å². The summed E-state index contributed by atoms with van der Waals surface area (Å²) >= 11 is 0. The fourth-order valence-electron chi connectivity index (χ4n) is 1.82. The van der Waals surface area contributed by atoms with Crippen molar-refractivity contribution in [1.29, 1.82) is 0 Å². The van der Waals surface area contributed by atoms with Crippen LogP contribution in [0.15, 0.2) is 54.1 Å². The van der Waals surface area contributed by atoms with Crippen molar-refractivity contribution in [2.24, 2.45) is 0 Å². The average Bonchev–Trinajstić information content (AvgIpc) is 2.48. The summed E-state index contributed by atoms with van der Waals surface area (Å²) in [5.41, 5.74) is 2.20. The summed E-state index contributed by atoms with van der Waals surface area (Å²) in [7, 11) is 0. The SMILES string of the molecule is C/C(=C\c1ccc(F)cc1)CNC(=O)c1ccc(F)cc1. The van der Waals surface area contributed by atoms with Crippen molar-refractivity contribution in [1.82, 2.24) is 5.32 Å². The van der Waals surface area contributed by atoms with Gasteiger partial charge in [-0.1, -0.05) is 23.8 Å². The second kappa shape index (κ2) is 6.79. The number of hydrogen-bond acceptors (Lipinski definition) is 1. The number of rotatable bonds is 4. The topological polar surface area (TPSA) is 29.1 Å². The lowest BCUT2D eigenvalue weighted by Crippen LogP contribution is -2.24. The summed E-state index contributed by atoms with van der Waals surface area (Å²) in [6, 6.07) is 11.5. The van der Waals surface area contributed by atoms with Gasteiger partial charge in [-0.15, -0.1) is 0 Å². The first kappa shape index (κ1) is 14.9. The van der Waals surface area contributed by atoms with Gasteiger partial charge in [0.25, 0.3) is 5.91 Å². The molecule has 0 aliphatic heterocycles. The maximum Gasteiger partial charge on any atom is 0.251 e. The standard InChI is InChI=1S/C17H15F2NO/c1-12(10-13-2-6-15(18)7-3-13)11-20-17(21)14-4-8-16(19)9-5-14/h2-10H,11H2,1H3,(H,20,21)/b12-10+. The van der Waals surface area contributed by atoms with Crippen LogP contribution in [0.1, 0.15) is 22.8 Å². The molecule has 1 N–H and O–H groups in total. The van der Waals surface area contributed by atoms with E-state index >= 15 is 0 Å². The highest BCUT2D eigenvalue weighted by molar-refractivity contribution is 5.94. The third-order valence-corrected chi connectivity index (χ3v) is 2.92. The number of nitrogens with one attached hydrogen (secondary N) is 1. The first-order valence-corrected chi connectivity index (χ1v) is 6.51. The molecule has 2 aromatic rings. The zero-order chi connectivity index (χ0) is 15.2. The quantitative estimate of drug-likeness (QED) is 0.910. The normalized spacial score (nSPS) is 11.3. The van der Waals surface area contributed by atoms with E-state index in [1.807, 2.05) is 13.0 Å². The average molecular weight is 287 g/mol. The number of benzene rings is 2. The summed E-state index contributed by atoms with van der Waals surface area (Å²) in [6.07, 6.45) is 1.87. The highest BCUT2D eigenvalue weighted by atomic mass is 19.1. The second-order valence-corrected chi connectivity index (χ2v) is 4.73. The third kappa shape index (κ3) is 4.53. The molecule has 0 unspecified atom stereocenters. The molecule has 0 heterocycles. The van der Waals surface area contributed by atoms with Gasteiger partial charge in [0.2, 0.25) is 0 Å². The molecule has 0 saturated heterocycles. The Hall–Kier alpha value is -2.49. The summed E-state index contributed by atoms with van der Waals surface area (Å²) in [4.78, 5) is 11.8. The van der Waals surface area contributed by atoms with E-state index in [1.165, 1.54) is 36.4 Å². The van der Waals surface area contributed by atoms with Crippen LogP contribution in [-0.2, 0) is 0 Å². The van der Waals surface area contributed by atoms with Crippen LogP contribution < -0.4 is 5.32 Å². The Bertz CT molecular complexity index is 645. The Morgan fingerprint density at radius 2 is 1.52 bits per heavy atom. The van der Waals surface area contributed by atoms with Crippen LogP contribution in [-0.4, -0.2) is 12.5 Å². The molecular weight excluding hydrogens is 272 g/mol. The maximum atomic E-state index is 12.8. The minimum absolute atomic E-state index is 0.262. The van der Waals surface area contributed by atoms with E-state index in [1.54, 1.807) is 12.1 Å². The molecule has 0 fully saturated rings. The molecular formula is C17H15F2NO. The number of halogens is 2. The third-order valence-electron chi connectivity index (χ3n) is 2.92. The van der Waals surface area contributed by atoms with Gasteiger partial charge in [0.05, 0.1) is 0 Å². The van der Waals surface area contributed by atoms with Gasteiger partial charge in [-0.3, -0.25) is 4.79 Å². The zero-order valence-corrected chi connectivity index (χ0v) is 11.6. The smallest absolute Gasteiger partial charge is 0.251 e. The van der Waals surface area contributed by atoms with Gasteiger partial charge < -0.3 is 5.32 Å². The van der Waals surface area contributed by atoms with Gasteiger partial charge >= 0.3 is 0 Å². The van der Waals surface area contributed by atoms with Crippen molar-refractivity contribution in [3.05, 3.63) is 76.9 Å². The van der Waals surface area contributed by atoms with E-state index in [0.29, 0.717) is 12.1 Å². The molecule has 21 heavy (non-hydrogen) atoms. The molecule has 0 bridgehead atoms. The van der Waals surface area contributed by atoms with Crippen LogP contribution in [0.2, 0.25) is 0 Å². The highest BCUT2D eigenvalue weighted by Crippen LogP contribution is 2.08. The van der Waals surface area contributed by atoms with E-state index in [0.717, 1.165) is 11.1 Å². The monoisotopic (exact) mass is 287 g/mol. The van der Waals surface area contributed by atoms with Crippen LogP contribution in [0.3, 0.4) is 0 Å². The predicted molar refractivity (Wildman–Crippen MR) is 78.8 cm³/mol. The fourth-order valence-corrected chi connectivity index (χ4v) is 1.82. The molecule has 2 nitrogen and oxygen atoms in total. The van der Waals surface area contributed by atoms with Crippen LogP contribution in [0.4, 0.5) is 8.78 Å². The molecule has 108 valence electrons. The maximum absolute atomic E-state index is 12.8. The molecule has 2 aromatic carbocycles. The van der Waals surface area contributed by atoms with Crippen molar-refractivity contribution in [2.75, 3.05) is 6.54 Å². The molecule has 4 heteroatoms. The van der Waals surface area contributed by atoms with E-state index in [4.69, 9.17) is 0 Å². The molecule has 2 rings (SSSR count). The van der Waals surface area contributed by atoms with Gasteiger partial charge in [-0.05, 0) is 48.9 Å². The largest absolute Gasteiger partial charge is 0.348 e. The Kier molecular flexibility index (Phi) is 4.82. The Morgan fingerprint density at radius 1 is 1.00 bits per heavy atom. The van der Waals surface area contributed by atoms with Crippen molar-refractivity contribution in [3.63, 3.8) is 0 Å². The number of hydrogen-bond donors (Lipinski definition) is 1. The van der Waals surface area contributed by atoms with Crippen molar-refractivity contribution >= 4 is 12.0 Å². The summed E-state index contributed by atoms with van der Waals surface area (Å²) in [6.45, 7) is 2.24. The lowest BCUT2D eigenvalue weighted by Gasteiger charge is -2.06. The Balaban J connectivity index is 1.94. The molecule has 0 aliphatic rings. The van der Waals surface area contributed by atoms with Gasteiger partial charge in [-0.25, -0.2) is 8.78 Å². The van der Waals surface area contributed by atoms with Crippen LogP contribution in [0, 0.1) is 11.6 Å². The van der Waals surface area contributed by atoms with Crippen molar-refractivity contribution in [3.8, 4) is 0 Å². The van der Waals surface area contributed by atoms with Crippen molar-refractivity contribution in [2.45, 2.75) is 6.92 Å². The van der Waals surface area contributed by atoms with Gasteiger partial charge in [-0.2, -0.15) is 0 Å². The summed E-state index contributed by atoms with van der Waals surface area (Å²) in [5.74, 6) is -0.921. The minimum Gasteiger partial charge on any atom is -0.348 e. The Labute approximate surface area is 122 Å². The first-order valence-electron chi connectivity index (χ1n) is 6.51. The first-order chi connectivity index (χ1) is 10.0. The van der Waals surface area contributed by atoms with E-state index in [9.17, 15) is 13.6 Å². The molecule has 1 amide bonds. The lowest BCUT2D eigenvalue weighted by molar-refractivity contribution is 0.0957. The van der Waals surface area contributed by atoms with E-state index < -0.39 is 0 Å². The predicted octanol–water partition coefficient (Wildman–Crippen LogP) is 3.80. The molecule has 0 radical (unpaired) electrons. The number of amides is 1. The Morgan fingerprint density at radius 3 is 2.10 bits per heavy atom. The van der Waals surface area contributed by atoms with Gasteiger partial charge in [0.15, 0.2) is 0 Å². The zero-order valence-electron chi connectivity index (χ0n) is 11.6. The fraction of sp³-hybridized carbons (Fsp3) is 0.118. The molecule has 0 atom stereocenters. The van der Waals surface area contributed by atoms with Gasteiger partial charge in [0, 0.05) is 12.1 Å². The number of carbonyl (C=O) groups is 1. The van der Waals surface area contributed by atoms with Crippen LogP contribution in [0.5, 0.6) is 0 Å². The van der Waals surface area contributed by atoms with E-state index in [-0.39, 0.29) is 17.5 Å². The minimum atomic E-state index is -0.376. The van der Waals surface area contributed by atoms with Crippen molar-refractivity contribution < 1.29 is 13.6 Å². The molecule has 0 aliphatic carbocycles. The lowest BCUT2D eigenvalue weighted by atomic mass is 10.1. The van der Waals surface area contributed by atoms with E-state index in [2.05, 4.69) is 5.32 Å².